The summed E-state index contributed by atoms with van der Waals surface area (Å²) in [6, 6.07) is 7.97. The molecule has 128 valence electrons. The fourth-order valence-corrected chi connectivity index (χ4v) is 3.61. The number of nitrogens with zero attached hydrogens (tertiary/aromatic N) is 1. The van der Waals surface area contributed by atoms with E-state index in [-0.39, 0.29) is 6.10 Å². The van der Waals surface area contributed by atoms with Gasteiger partial charge in [-0.25, -0.2) is 0 Å². The van der Waals surface area contributed by atoms with Gasteiger partial charge in [-0.3, -0.25) is 0 Å². The zero-order valence-electron chi connectivity index (χ0n) is 14.0. The van der Waals surface area contributed by atoms with Gasteiger partial charge in [0.1, 0.15) is 17.6 Å². The second-order valence-electron chi connectivity index (χ2n) is 6.89. The minimum Gasteiger partial charge on any atom is -0.493 e. The molecule has 2 aliphatic rings. The van der Waals surface area contributed by atoms with Crippen LogP contribution >= 0.6 is 0 Å². The maximum absolute atomic E-state index is 9.40. The lowest BCUT2D eigenvalue weighted by molar-refractivity contribution is -0.118. The first-order chi connectivity index (χ1) is 11.3. The van der Waals surface area contributed by atoms with Gasteiger partial charge in [0.25, 0.3) is 0 Å². The van der Waals surface area contributed by atoms with E-state index in [1.54, 1.807) is 0 Å². The second-order valence-corrected chi connectivity index (χ2v) is 6.89. The van der Waals surface area contributed by atoms with Gasteiger partial charge in [0.15, 0.2) is 0 Å². The topological polar surface area (TPSA) is 41.9 Å². The highest BCUT2D eigenvalue weighted by Crippen LogP contribution is 2.27. The van der Waals surface area contributed by atoms with Crippen LogP contribution < -0.4 is 9.47 Å². The molecule has 0 atom stereocenters. The molecular weight excluding hydrogens is 290 g/mol. The molecule has 0 spiro atoms. The quantitative estimate of drug-likeness (QED) is 0.850. The smallest absolute Gasteiger partial charge is 0.123 e. The summed E-state index contributed by atoms with van der Waals surface area (Å²) in [4.78, 5) is 0. The lowest BCUT2D eigenvalue weighted by Crippen LogP contribution is -2.36. The zero-order valence-corrected chi connectivity index (χ0v) is 14.0. The van der Waals surface area contributed by atoms with Crippen LogP contribution in [-0.4, -0.2) is 36.1 Å². The number of rotatable bonds is 6. The Hall–Kier alpha value is -1.26. The molecule has 0 unspecified atom stereocenters. The summed E-state index contributed by atoms with van der Waals surface area (Å²) in [5.74, 6) is 2.63. The highest BCUT2D eigenvalue weighted by Gasteiger charge is 2.19. The highest BCUT2D eigenvalue weighted by molar-refractivity contribution is 5.33. The third-order valence-electron chi connectivity index (χ3n) is 5.05. The van der Waals surface area contributed by atoms with Crippen LogP contribution in [0.15, 0.2) is 24.3 Å². The molecule has 1 aliphatic carbocycles. The third-order valence-corrected chi connectivity index (χ3v) is 5.05. The predicted octanol–water partition coefficient (Wildman–Crippen LogP) is 4.27. The van der Waals surface area contributed by atoms with E-state index in [0.717, 1.165) is 36.9 Å². The molecule has 1 aliphatic heterocycles. The Labute approximate surface area is 139 Å². The van der Waals surface area contributed by atoms with Crippen molar-refractivity contribution in [1.82, 2.24) is 5.06 Å². The van der Waals surface area contributed by atoms with Crippen LogP contribution in [0.2, 0.25) is 0 Å². The molecular formula is C19H29NO3. The molecule has 0 amide bonds. The van der Waals surface area contributed by atoms with Gasteiger partial charge in [0, 0.05) is 19.2 Å². The van der Waals surface area contributed by atoms with Crippen molar-refractivity contribution >= 4 is 0 Å². The van der Waals surface area contributed by atoms with Crippen molar-refractivity contribution in [2.75, 3.05) is 19.7 Å². The average Bonchev–Trinajstić information content (AvgIpc) is 2.58. The van der Waals surface area contributed by atoms with Crippen molar-refractivity contribution in [2.45, 2.75) is 57.5 Å². The van der Waals surface area contributed by atoms with Crippen molar-refractivity contribution in [3.8, 4) is 11.5 Å². The van der Waals surface area contributed by atoms with E-state index >= 15 is 0 Å². The van der Waals surface area contributed by atoms with E-state index in [1.165, 1.54) is 43.6 Å². The fraction of sp³-hybridized carbons (Fsp3) is 0.684. The summed E-state index contributed by atoms with van der Waals surface area (Å²) >= 11 is 0. The molecule has 0 aromatic heterocycles. The Morgan fingerprint density at radius 1 is 1.00 bits per heavy atom. The molecule has 1 N–H and O–H groups in total. The lowest BCUT2D eigenvalue weighted by Gasteiger charge is -2.28. The van der Waals surface area contributed by atoms with Crippen molar-refractivity contribution in [2.24, 2.45) is 5.92 Å². The van der Waals surface area contributed by atoms with Crippen molar-refractivity contribution < 1.29 is 14.7 Å². The number of hydroxylamine groups is 2. The van der Waals surface area contributed by atoms with E-state index in [2.05, 4.69) is 0 Å². The summed E-state index contributed by atoms with van der Waals surface area (Å²) in [6.07, 6.45) is 10.0. The Balaban J connectivity index is 1.43. The average molecular weight is 319 g/mol. The normalized spacial score (nSPS) is 21.3. The molecule has 2 fully saturated rings. The molecule has 23 heavy (non-hydrogen) atoms. The summed E-state index contributed by atoms with van der Waals surface area (Å²) in [5, 5.41) is 10.8. The number of ether oxygens (including phenoxy) is 2. The van der Waals surface area contributed by atoms with Crippen molar-refractivity contribution in [3.05, 3.63) is 24.3 Å². The molecule has 1 heterocycles. The van der Waals surface area contributed by atoms with Gasteiger partial charge in [-0.2, -0.15) is 5.06 Å². The van der Waals surface area contributed by atoms with E-state index in [0.29, 0.717) is 13.1 Å². The van der Waals surface area contributed by atoms with Crippen molar-refractivity contribution in [1.29, 1.82) is 0 Å². The first-order valence-corrected chi connectivity index (χ1v) is 9.13. The van der Waals surface area contributed by atoms with Gasteiger partial charge in [0.05, 0.1) is 6.61 Å². The molecule has 0 bridgehead atoms. The van der Waals surface area contributed by atoms with Gasteiger partial charge in [0.2, 0.25) is 0 Å². The van der Waals surface area contributed by atoms with Crippen LogP contribution in [0.4, 0.5) is 0 Å². The molecule has 1 aromatic rings. The first kappa shape index (κ1) is 16.6. The van der Waals surface area contributed by atoms with Crippen LogP contribution in [0.25, 0.3) is 0 Å². The number of hydrogen-bond acceptors (Lipinski definition) is 4. The van der Waals surface area contributed by atoms with E-state index in [4.69, 9.17) is 9.47 Å². The van der Waals surface area contributed by atoms with E-state index in [1.807, 2.05) is 24.3 Å². The van der Waals surface area contributed by atoms with Gasteiger partial charge in [-0.05, 0) is 37.3 Å². The largest absolute Gasteiger partial charge is 0.493 e. The number of piperidine rings is 1. The third kappa shape index (κ3) is 5.40. The minimum absolute atomic E-state index is 0.191. The highest BCUT2D eigenvalue weighted by atomic mass is 16.5. The molecule has 1 aromatic carbocycles. The second kappa shape index (κ2) is 8.55. The van der Waals surface area contributed by atoms with Gasteiger partial charge >= 0.3 is 0 Å². The van der Waals surface area contributed by atoms with E-state index < -0.39 is 0 Å². The summed E-state index contributed by atoms with van der Waals surface area (Å²) < 4.78 is 12.0. The monoisotopic (exact) mass is 319 g/mol. The maximum atomic E-state index is 9.40. The first-order valence-electron chi connectivity index (χ1n) is 9.13. The summed E-state index contributed by atoms with van der Waals surface area (Å²) in [7, 11) is 0. The summed E-state index contributed by atoms with van der Waals surface area (Å²) in [6.45, 7) is 2.17. The zero-order chi connectivity index (χ0) is 15.9. The van der Waals surface area contributed by atoms with Crippen LogP contribution in [0, 0.1) is 5.92 Å². The maximum Gasteiger partial charge on any atom is 0.123 e. The Kier molecular flexibility index (Phi) is 6.17. The number of hydrogen-bond donors (Lipinski definition) is 1. The van der Waals surface area contributed by atoms with Gasteiger partial charge in [-0.1, -0.05) is 38.2 Å². The van der Waals surface area contributed by atoms with Crippen LogP contribution in [-0.2, 0) is 0 Å². The predicted molar refractivity (Wildman–Crippen MR) is 90.1 cm³/mol. The fourth-order valence-electron chi connectivity index (χ4n) is 3.61. The SMILES string of the molecule is ON1CCC(Oc2cccc(OCCC3CCCCC3)c2)CC1. The van der Waals surface area contributed by atoms with Crippen LogP contribution in [0.3, 0.4) is 0 Å². The molecule has 4 nitrogen and oxygen atoms in total. The van der Waals surface area contributed by atoms with Gasteiger partial charge < -0.3 is 14.7 Å². The molecule has 1 saturated heterocycles. The molecule has 3 rings (SSSR count). The van der Waals surface area contributed by atoms with Crippen LogP contribution in [0.1, 0.15) is 51.4 Å². The van der Waals surface area contributed by atoms with Gasteiger partial charge in [-0.15, -0.1) is 0 Å². The number of benzene rings is 1. The van der Waals surface area contributed by atoms with Crippen LogP contribution in [0.5, 0.6) is 11.5 Å². The Bertz CT molecular complexity index is 465. The minimum atomic E-state index is 0.191. The Morgan fingerprint density at radius 3 is 2.52 bits per heavy atom. The standard InChI is InChI=1S/C19H29NO3/c21-20-12-9-17(10-13-20)23-19-8-4-7-18(15-19)22-14-11-16-5-2-1-3-6-16/h4,7-8,15-17,21H,1-3,5-6,9-14H2. The Morgan fingerprint density at radius 2 is 1.74 bits per heavy atom. The molecule has 4 heteroatoms. The molecule has 1 saturated carbocycles. The lowest BCUT2D eigenvalue weighted by atomic mass is 9.87. The van der Waals surface area contributed by atoms with E-state index in [9.17, 15) is 5.21 Å². The summed E-state index contributed by atoms with van der Waals surface area (Å²) in [5.41, 5.74) is 0. The molecule has 0 radical (unpaired) electrons. The van der Waals surface area contributed by atoms with Crippen molar-refractivity contribution in [3.63, 3.8) is 0 Å².